The van der Waals surface area contributed by atoms with Crippen molar-refractivity contribution in [2.24, 2.45) is 11.3 Å². The van der Waals surface area contributed by atoms with Crippen LogP contribution in [0.4, 0.5) is 5.13 Å². The van der Waals surface area contributed by atoms with Crippen LogP contribution in [0.25, 0.3) is 11.3 Å². The van der Waals surface area contributed by atoms with Gasteiger partial charge >= 0.3 is 0 Å². The number of amides is 2. The van der Waals surface area contributed by atoms with Crippen molar-refractivity contribution in [2.75, 3.05) is 18.4 Å². The summed E-state index contributed by atoms with van der Waals surface area (Å²) < 4.78 is 0. The smallest absolute Gasteiger partial charge is 0.229 e. The summed E-state index contributed by atoms with van der Waals surface area (Å²) in [5, 5.41) is 3.32. The average molecular weight is 414 g/mol. The predicted octanol–water partition coefficient (Wildman–Crippen LogP) is 4.24. The quantitative estimate of drug-likeness (QED) is 0.761. The fourth-order valence-corrected chi connectivity index (χ4v) is 4.32. The maximum atomic E-state index is 12.7. The van der Waals surface area contributed by atoms with Crippen molar-refractivity contribution in [1.82, 2.24) is 9.88 Å². The molecule has 1 aliphatic heterocycles. The number of ketones is 1. The Balaban J connectivity index is 1.67. The lowest BCUT2D eigenvalue weighted by atomic mass is 9.91. The molecule has 154 valence electrons. The van der Waals surface area contributed by atoms with Gasteiger partial charge in [-0.1, -0.05) is 62.4 Å². The molecule has 0 unspecified atom stereocenters. The third-order valence-electron chi connectivity index (χ3n) is 5.02. The first kappa shape index (κ1) is 21.2. The van der Waals surface area contributed by atoms with Crippen LogP contribution in [0.3, 0.4) is 0 Å². The lowest BCUT2D eigenvalue weighted by Gasteiger charge is -2.35. The Kier molecular flexibility index (Phi) is 6.17. The SMILES string of the molecule is CC(=O)c1sc(NC(=O)C2CCN(C(=O)C(C)(C)C)CC2)nc1-c1ccccc1. The topological polar surface area (TPSA) is 79.4 Å². The molecule has 3 rings (SSSR count). The Hall–Kier alpha value is -2.54. The van der Waals surface area contributed by atoms with Crippen molar-refractivity contribution in [3.63, 3.8) is 0 Å². The maximum absolute atomic E-state index is 12.7. The van der Waals surface area contributed by atoms with E-state index in [0.717, 1.165) is 5.56 Å². The molecule has 0 saturated carbocycles. The van der Waals surface area contributed by atoms with Gasteiger partial charge in [0.2, 0.25) is 11.8 Å². The second-order valence-electron chi connectivity index (χ2n) is 8.42. The molecule has 1 N–H and O–H groups in total. The van der Waals surface area contributed by atoms with Crippen molar-refractivity contribution in [2.45, 2.75) is 40.5 Å². The van der Waals surface area contributed by atoms with Gasteiger partial charge in [-0.15, -0.1) is 0 Å². The first-order chi connectivity index (χ1) is 13.7. The van der Waals surface area contributed by atoms with E-state index in [9.17, 15) is 14.4 Å². The summed E-state index contributed by atoms with van der Waals surface area (Å²) in [7, 11) is 0. The Morgan fingerprint density at radius 2 is 1.72 bits per heavy atom. The Morgan fingerprint density at radius 1 is 1.10 bits per heavy atom. The van der Waals surface area contributed by atoms with E-state index in [2.05, 4.69) is 10.3 Å². The highest BCUT2D eigenvalue weighted by atomic mass is 32.1. The van der Waals surface area contributed by atoms with Crippen LogP contribution in [0, 0.1) is 11.3 Å². The van der Waals surface area contributed by atoms with Gasteiger partial charge in [0.1, 0.15) is 0 Å². The molecule has 0 atom stereocenters. The third kappa shape index (κ3) is 4.90. The number of carbonyl (C=O) groups is 3. The number of likely N-dealkylation sites (tertiary alicyclic amines) is 1. The molecule has 0 aliphatic carbocycles. The van der Waals surface area contributed by atoms with Gasteiger partial charge in [-0.05, 0) is 12.8 Å². The van der Waals surface area contributed by atoms with Crippen LogP contribution in [-0.4, -0.2) is 40.6 Å². The van der Waals surface area contributed by atoms with E-state index in [-0.39, 0.29) is 23.5 Å². The number of rotatable bonds is 4. The summed E-state index contributed by atoms with van der Waals surface area (Å²) in [4.78, 5) is 44.1. The van der Waals surface area contributed by atoms with E-state index >= 15 is 0 Å². The number of anilines is 1. The van der Waals surface area contributed by atoms with E-state index in [0.29, 0.717) is 41.6 Å². The Labute approximate surface area is 175 Å². The number of thiazole rings is 1. The van der Waals surface area contributed by atoms with Gasteiger partial charge in [0.05, 0.1) is 10.6 Å². The van der Waals surface area contributed by atoms with Crippen molar-refractivity contribution in [3.05, 3.63) is 35.2 Å². The van der Waals surface area contributed by atoms with E-state index in [1.165, 1.54) is 18.3 Å². The van der Waals surface area contributed by atoms with Crippen molar-refractivity contribution in [1.29, 1.82) is 0 Å². The number of Topliss-reactive ketones (excluding diaryl/α,β-unsaturated/α-hetero) is 1. The monoisotopic (exact) mass is 413 g/mol. The fraction of sp³-hybridized carbons (Fsp3) is 0.455. The maximum Gasteiger partial charge on any atom is 0.229 e. The first-order valence-electron chi connectivity index (χ1n) is 9.84. The summed E-state index contributed by atoms with van der Waals surface area (Å²) in [5.74, 6) is -0.217. The lowest BCUT2D eigenvalue weighted by Crippen LogP contribution is -2.45. The summed E-state index contributed by atoms with van der Waals surface area (Å²) in [5.41, 5.74) is 1.04. The zero-order chi connectivity index (χ0) is 21.2. The van der Waals surface area contributed by atoms with Crippen LogP contribution < -0.4 is 5.32 Å². The van der Waals surface area contributed by atoms with Crippen LogP contribution in [0.5, 0.6) is 0 Å². The molecule has 7 heteroatoms. The molecule has 29 heavy (non-hydrogen) atoms. The Morgan fingerprint density at radius 3 is 2.28 bits per heavy atom. The standard InChI is InChI=1S/C22H27N3O3S/c1-14(26)18-17(15-8-6-5-7-9-15)23-21(29-18)24-19(27)16-10-12-25(13-11-16)20(28)22(2,3)4/h5-9,16H,10-13H2,1-4H3,(H,23,24,27). The molecule has 0 bridgehead atoms. The molecule has 2 aromatic rings. The van der Waals surface area contributed by atoms with Crippen LogP contribution in [0.2, 0.25) is 0 Å². The summed E-state index contributed by atoms with van der Waals surface area (Å²) in [6.07, 6.45) is 1.26. The summed E-state index contributed by atoms with van der Waals surface area (Å²) in [6, 6.07) is 9.49. The molecule has 0 spiro atoms. The number of benzene rings is 1. The molecule has 1 aliphatic rings. The van der Waals surface area contributed by atoms with Gasteiger partial charge < -0.3 is 10.2 Å². The molecule has 2 heterocycles. The predicted molar refractivity (Wildman–Crippen MR) is 115 cm³/mol. The molecule has 1 saturated heterocycles. The minimum absolute atomic E-state index is 0.0733. The molecule has 1 aromatic carbocycles. The Bertz CT molecular complexity index is 907. The molecule has 6 nitrogen and oxygen atoms in total. The number of aromatic nitrogens is 1. The largest absolute Gasteiger partial charge is 0.342 e. The number of hydrogen-bond acceptors (Lipinski definition) is 5. The summed E-state index contributed by atoms with van der Waals surface area (Å²) in [6.45, 7) is 8.40. The van der Waals surface area contributed by atoms with E-state index in [1.54, 1.807) is 0 Å². The van der Waals surface area contributed by atoms with Gasteiger partial charge in [0.25, 0.3) is 0 Å². The molecule has 0 radical (unpaired) electrons. The van der Waals surface area contributed by atoms with Gasteiger partial charge in [0.15, 0.2) is 10.9 Å². The third-order valence-corrected chi connectivity index (χ3v) is 6.09. The second-order valence-corrected chi connectivity index (χ2v) is 9.42. The van der Waals surface area contributed by atoms with Crippen molar-refractivity contribution < 1.29 is 14.4 Å². The first-order valence-corrected chi connectivity index (χ1v) is 10.7. The zero-order valence-electron chi connectivity index (χ0n) is 17.3. The van der Waals surface area contributed by atoms with Crippen molar-refractivity contribution in [3.8, 4) is 11.3 Å². The van der Waals surface area contributed by atoms with Gasteiger partial charge in [0, 0.05) is 36.9 Å². The minimum Gasteiger partial charge on any atom is -0.342 e. The van der Waals surface area contributed by atoms with Gasteiger partial charge in [-0.2, -0.15) is 0 Å². The number of piperidine rings is 1. The average Bonchev–Trinajstić information content (AvgIpc) is 3.11. The van der Waals surface area contributed by atoms with E-state index in [4.69, 9.17) is 0 Å². The molecular formula is C22H27N3O3S. The van der Waals surface area contributed by atoms with Crippen LogP contribution in [-0.2, 0) is 9.59 Å². The molecule has 2 amide bonds. The number of nitrogens with zero attached hydrogens (tertiary/aromatic N) is 2. The zero-order valence-corrected chi connectivity index (χ0v) is 18.1. The van der Waals surface area contributed by atoms with Crippen LogP contribution >= 0.6 is 11.3 Å². The highest BCUT2D eigenvalue weighted by molar-refractivity contribution is 7.18. The van der Waals surface area contributed by atoms with E-state index < -0.39 is 5.41 Å². The molecular weight excluding hydrogens is 386 g/mol. The van der Waals surface area contributed by atoms with Gasteiger partial charge in [-0.25, -0.2) is 4.98 Å². The van der Waals surface area contributed by atoms with Gasteiger partial charge in [-0.3, -0.25) is 14.4 Å². The van der Waals surface area contributed by atoms with E-state index in [1.807, 2.05) is 56.0 Å². The number of nitrogens with one attached hydrogen (secondary N) is 1. The normalized spacial score (nSPS) is 15.2. The highest BCUT2D eigenvalue weighted by Gasteiger charge is 2.32. The number of hydrogen-bond donors (Lipinski definition) is 1. The van der Waals surface area contributed by atoms with Crippen molar-refractivity contribution >= 4 is 34.1 Å². The molecule has 1 fully saturated rings. The second kappa shape index (κ2) is 8.45. The van der Waals surface area contributed by atoms with Crippen LogP contribution in [0.15, 0.2) is 30.3 Å². The lowest BCUT2D eigenvalue weighted by molar-refractivity contribution is -0.142. The fourth-order valence-electron chi connectivity index (χ4n) is 3.43. The van der Waals surface area contributed by atoms with Crippen LogP contribution in [0.1, 0.15) is 50.2 Å². The highest BCUT2D eigenvalue weighted by Crippen LogP contribution is 2.32. The number of carbonyl (C=O) groups excluding carboxylic acids is 3. The summed E-state index contributed by atoms with van der Waals surface area (Å²) >= 11 is 1.21. The minimum atomic E-state index is -0.410. The molecule has 1 aromatic heterocycles.